The lowest BCUT2D eigenvalue weighted by Gasteiger charge is -2.06. The first kappa shape index (κ1) is 16.8. The first-order valence-corrected chi connectivity index (χ1v) is 7.28. The lowest BCUT2D eigenvalue weighted by molar-refractivity contribution is 0.0999. The summed E-state index contributed by atoms with van der Waals surface area (Å²) < 4.78 is 31.6. The van der Waals surface area contributed by atoms with Crippen molar-refractivity contribution < 1.29 is 22.3 Å². The third-order valence-corrected chi connectivity index (χ3v) is 2.52. The second kappa shape index (κ2) is 7.53. The smallest absolute Gasteiger partial charge is 0.366 e. The summed E-state index contributed by atoms with van der Waals surface area (Å²) in [5.41, 5.74) is 8.08. The number of nitrogens with two attached hydrogens (primary N) is 1. The van der Waals surface area contributed by atoms with E-state index in [0.29, 0.717) is 5.56 Å². The van der Waals surface area contributed by atoms with Crippen LogP contribution in [0.4, 0.5) is 0 Å². The van der Waals surface area contributed by atoms with Crippen LogP contribution in [0, 0.1) is 0 Å². The number of hydrogen-bond acceptors (Lipinski definition) is 3. The van der Waals surface area contributed by atoms with E-state index in [-0.39, 0.29) is 5.91 Å². The Morgan fingerprint density at radius 1 is 0.952 bits per heavy atom. The van der Waals surface area contributed by atoms with Crippen molar-refractivity contribution in [2.24, 2.45) is 5.73 Å². The molecule has 4 N–H and O–H groups in total. The number of amides is 1. The van der Waals surface area contributed by atoms with Crippen LogP contribution in [0.25, 0.3) is 0 Å². The van der Waals surface area contributed by atoms with Crippen molar-refractivity contribution in [1.29, 1.82) is 0 Å². The molecule has 0 bridgehead atoms. The number of carbonyl (C=O) groups excluding carboxylic acids is 1. The second-order valence-corrected chi connectivity index (χ2v) is 5.03. The van der Waals surface area contributed by atoms with Crippen LogP contribution in [0.1, 0.15) is 21.5 Å². The third-order valence-electron chi connectivity index (χ3n) is 2.52. The van der Waals surface area contributed by atoms with Gasteiger partial charge in [0, 0.05) is 5.56 Å². The molecule has 0 aliphatic carbocycles. The van der Waals surface area contributed by atoms with Crippen LogP contribution in [0.5, 0.6) is 0 Å². The van der Waals surface area contributed by atoms with Gasteiger partial charge < -0.3 is 5.73 Å². The highest BCUT2D eigenvalue weighted by molar-refractivity contribution is 7.79. The van der Waals surface area contributed by atoms with E-state index in [9.17, 15) is 4.79 Å². The zero-order chi connectivity index (χ0) is 15.9. The summed E-state index contributed by atoms with van der Waals surface area (Å²) in [6.07, 6.45) is 0.736. The Hall–Kier alpha value is -2.22. The van der Waals surface area contributed by atoms with Crippen molar-refractivity contribution >= 4 is 16.3 Å². The number of benzene rings is 2. The molecule has 0 unspecified atom stereocenters. The summed E-state index contributed by atoms with van der Waals surface area (Å²) in [5.74, 6) is -0.369. The van der Waals surface area contributed by atoms with Gasteiger partial charge >= 0.3 is 10.4 Å². The maximum absolute atomic E-state index is 11.2. The van der Waals surface area contributed by atoms with Crippen LogP contribution in [0.15, 0.2) is 54.6 Å². The molecule has 0 saturated carbocycles. The van der Waals surface area contributed by atoms with Crippen molar-refractivity contribution in [1.82, 2.24) is 0 Å². The van der Waals surface area contributed by atoms with Crippen LogP contribution >= 0.6 is 0 Å². The van der Waals surface area contributed by atoms with Gasteiger partial charge in [-0.05, 0) is 23.6 Å². The molecule has 0 saturated heterocycles. The number of primary amides is 1. The zero-order valence-electron chi connectivity index (χ0n) is 11.0. The average Bonchev–Trinajstić information content (AvgIpc) is 2.38. The first-order chi connectivity index (χ1) is 9.77. The minimum absolute atomic E-state index is 0.369. The van der Waals surface area contributed by atoms with Crippen molar-refractivity contribution in [3.05, 3.63) is 71.3 Å². The van der Waals surface area contributed by atoms with E-state index >= 15 is 0 Å². The average molecular weight is 309 g/mol. The highest BCUT2D eigenvalue weighted by Gasteiger charge is 2.06. The molecule has 0 radical (unpaired) electrons. The first-order valence-electron chi connectivity index (χ1n) is 5.89. The Bertz CT molecular complexity index is 690. The van der Waals surface area contributed by atoms with Crippen molar-refractivity contribution in [2.75, 3.05) is 0 Å². The van der Waals surface area contributed by atoms with Gasteiger partial charge in [0.25, 0.3) is 0 Å². The fourth-order valence-corrected chi connectivity index (χ4v) is 1.73. The van der Waals surface area contributed by atoms with Crippen molar-refractivity contribution in [3.8, 4) is 0 Å². The van der Waals surface area contributed by atoms with E-state index in [0.717, 1.165) is 12.0 Å². The van der Waals surface area contributed by atoms with Crippen molar-refractivity contribution in [3.63, 3.8) is 0 Å². The Morgan fingerprint density at radius 3 is 1.95 bits per heavy atom. The van der Waals surface area contributed by atoms with E-state index < -0.39 is 10.4 Å². The van der Waals surface area contributed by atoms with Gasteiger partial charge in [-0.15, -0.1) is 0 Å². The molecule has 0 aromatic heterocycles. The highest BCUT2D eigenvalue weighted by atomic mass is 32.3. The molecule has 21 heavy (non-hydrogen) atoms. The summed E-state index contributed by atoms with van der Waals surface area (Å²) in [6.45, 7) is 0. The standard InChI is InChI=1S/C14H13NO.H2O4S/c15-14(16)13-9-5-4-8-12(13)10-11-6-2-1-3-7-11;1-5(2,3)4/h1-9H,10H2,(H2,15,16);(H2,1,2,3,4). The summed E-state index contributed by atoms with van der Waals surface area (Å²) in [7, 11) is -4.67. The Morgan fingerprint density at radius 2 is 1.43 bits per heavy atom. The van der Waals surface area contributed by atoms with E-state index in [2.05, 4.69) is 0 Å². The van der Waals surface area contributed by atoms with E-state index in [1.54, 1.807) is 6.07 Å². The molecular formula is C14H15NO5S. The summed E-state index contributed by atoms with van der Waals surface area (Å²) in [6, 6.07) is 17.5. The molecule has 112 valence electrons. The molecule has 0 heterocycles. The quantitative estimate of drug-likeness (QED) is 0.746. The molecule has 0 fully saturated rings. The number of hydrogen-bond donors (Lipinski definition) is 3. The molecule has 0 atom stereocenters. The van der Waals surface area contributed by atoms with Crippen LogP contribution in [0.3, 0.4) is 0 Å². The Balaban J connectivity index is 0.000000383. The van der Waals surface area contributed by atoms with Gasteiger partial charge in [0.1, 0.15) is 0 Å². The second-order valence-electron chi connectivity index (χ2n) is 4.13. The molecule has 0 aliphatic heterocycles. The van der Waals surface area contributed by atoms with Gasteiger partial charge in [-0.1, -0.05) is 48.5 Å². The van der Waals surface area contributed by atoms with Crippen LogP contribution in [-0.2, 0) is 16.8 Å². The topological polar surface area (TPSA) is 118 Å². The molecule has 1 amide bonds. The zero-order valence-corrected chi connectivity index (χ0v) is 11.8. The van der Waals surface area contributed by atoms with E-state index in [1.807, 2.05) is 48.5 Å². The van der Waals surface area contributed by atoms with Gasteiger partial charge in [-0.2, -0.15) is 8.42 Å². The fraction of sp³-hybridized carbons (Fsp3) is 0.0714. The predicted molar refractivity (Wildman–Crippen MR) is 78.4 cm³/mol. The summed E-state index contributed by atoms with van der Waals surface area (Å²) >= 11 is 0. The molecule has 2 rings (SSSR count). The van der Waals surface area contributed by atoms with Gasteiger partial charge in [0.2, 0.25) is 5.91 Å². The van der Waals surface area contributed by atoms with Crippen LogP contribution < -0.4 is 5.73 Å². The van der Waals surface area contributed by atoms with Crippen molar-refractivity contribution in [2.45, 2.75) is 6.42 Å². The lowest BCUT2D eigenvalue weighted by atomic mass is 9.99. The van der Waals surface area contributed by atoms with Gasteiger partial charge in [-0.3, -0.25) is 13.9 Å². The largest absolute Gasteiger partial charge is 0.394 e. The van der Waals surface area contributed by atoms with Crippen LogP contribution in [-0.4, -0.2) is 23.4 Å². The molecule has 2 aromatic carbocycles. The molecule has 0 spiro atoms. The predicted octanol–water partition coefficient (Wildman–Crippen LogP) is 1.72. The highest BCUT2D eigenvalue weighted by Crippen LogP contribution is 2.13. The minimum atomic E-state index is -4.67. The molecule has 7 heteroatoms. The normalized spacial score (nSPS) is 10.4. The Labute approximate surface area is 122 Å². The van der Waals surface area contributed by atoms with Gasteiger partial charge in [0.05, 0.1) is 0 Å². The molecule has 0 aliphatic rings. The molecular weight excluding hydrogens is 294 g/mol. The number of rotatable bonds is 3. The molecule has 2 aromatic rings. The maximum Gasteiger partial charge on any atom is 0.394 e. The number of carbonyl (C=O) groups is 1. The van der Waals surface area contributed by atoms with E-state index in [1.165, 1.54) is 5.56 Å². The Kier molecular flexibility index (Phi) is 6.04. The van der Waals surface area contributed by atoms with Gasteiger partial charge in [-0.25, -0.2) is 0 Å². The summed E-state index contributed by atoms with van der Waals surface area (Å²) in [5, 5.41) is 0. The minimum Gasteiger partial charge on any atom is -0.366 e. The van der Waals surface area contributed by atoms with E-state index in [4.69, 9.17) is 23.3 Å². The SMILES string of the molecule is NC(=O)c1ccccc1Cc1ccccc1.O=S(=O)(O)O. The monoisotopic (exact) mass is 309 g/mol. The summed E-state index contributed by atoms with van der Waals surface area (Å²) in [4.78, 5) is 11.2. The lowest BCUT2D eigenvalue weighted by Crippen LogP contribution is -2.13. The molecule has 6 nitrogen and oxygen atoms in total. The van der Waals surface area contributed by atoms with Crippen LogP contribution in [0.2, 0.25) is 0 Å². The van der Waals surface area contributed by atoms with Gasteiger partial charge in [0.15, 0.2) is 0 Å². The third kappa shape index (κ3) is 7.21. The fourth-order valence-electron chi connectivity index (χ4n) is 1.73. The maximum atomic E-state index is 11.2.